The van der Waals surface area contributed by atoms with E-state index >= 15 is 0 Å². The lowest BCUT2D eigenvalue weighted by atomic mass is 9.83. The zero-order chi connectivity index (χ0) is 15.1. The van der Waals surface area contributed by atoms with Gasteiger partial charge in [0.15, 0.2) is 0 Å². The Hall–Kier alpha value is -1.02. The van der Waals surface area contributed by atoms with Crippen LogP contribution in [0.15, 0.2) is 24.3 Å². The van der Waals surface area contributed by atoms with Gasteiger partial charge in [-0.05, 0) is 56.7 Å². The number of nitrogens with one attached hydrogen (secondary N) is 1. The van der Waals surface area contributed by atoms with Crippen molar-refractivity contribution in [3.63, 3.8) is 0 Å². The molecule has 1 aliphatic rings. The highest BCUT2D eigenvalue weighted by molar-refractivity contribution is 5.27. The van der Waals surface area contributed by atoms with Crippen molar-refractivity contribution < 1.29 is 4.74 Å². The zero-order valence-electron chi connectivity index (χ0n) is 13.9. The van der Waals surface area contributed by atoms with Crippen molar-refractivity contribution in [2.24, 2.45) is 5.92 Å². The molecule has 0 spiro atoms. The lowest BCUT2D eigenvalue weighted by Crippen LogP contribution is -2.36. The molecule has 118 valence electrons. The van der Waals surface area contributed by atoms with E-state index in [9.17, 15) is 0 Å². The van der Waals surface area contributed by atoms with Gasteiger partial charge in [-0.25, -0.2) is 0 Å². The van der Waals surface area contributed by atoms with Gasteiger partial charge in [0, 0.05) is 12.6 Å². The van der Waals surface area contributed by atoms with Crippen molar-refractivity contribution in [3.8, 4) is 5.75 Å². The fourth-order valence-electron chi connectivity index (χ4n) is 3.39. The second-order valence-corrected chi connectivity index (χ2v) is 6.60. The number of rotatable bonds is 7. The molecule has 1 fully saturated rings. The van der Waals surface area contributed by atoms with E-state index < -0.39 is 0 Å². The summed E-state index contributed by atoms with van der Waals surface area (Å²) < 4.78 is 5.69. The van der Waals surface area contributed by atoms with Gasteiger partial charge in [-0.2, -0.15) is 0 Å². The highest BCUT2D eigenvalue weighted by Gasteiger charge is 2.21. The summed E-state index contributed by atoms with van der Waals surface area (Å²) in [5, 5.41) is 3.77. The van der Waals surface area contributed by atoms with Gasteiger partial charge in [-0.3, -0.25) is 0 Å². The molecule has 1 aromatic carbocycles. The van der Waals surface area contributed by atoms with Crippen molar-refractivity contribution in [2.75, 3.05) is 0 Å². The van der Waals surface area contributed by atoms with Crippen LogP contribution in [0, 0.1) is 5.92 Å². The highest BCUT2D eigenvalue weighted by atomic mass is 16.5. The van der Waals surface area contributed by atoms with E-state index in [1.165, 1.54) is 44.1 Å². The lowest BCUT2D eigenvalue weighted by Gasteiger charge is -2.30. The summed E-state index contributed by atoms with van der Waals surface area (Å²) in [5.74, 6) is 1.85. The van der Waals surface area contributed by atoms with E-state index in [0.29, 0.717) is 6.04 Å². The zero-order valence-corrected chi connectivity index (χ0v) is 13.9. The molecule has 0 aromatic heterocycles. The number of hydrogen-bond donors (Lipinski definition) is 1. The monoisotopic (exact) mass is 289 g/mol. The van der Waals surface area contributed by atoms with Crippen molar-refractivity contribution in [1.82, 2.24) is 5.32 Å². The Morgan fingerprint density at radius 2 is 1.76 bits per heavy atom. The summed E-state index contributed by atoms with van der Waals surface area (Å²) in [7, 11) is 0. The van der Waals surface area contributed by atoms with Crippen molar-refractivity contribution >= 4 is 0 Å². The van der Waals surface area contributed by atoms with E-state index in [4.69, 9.17) is 4.74 Å². The van der Waals surface area contributed by atoms with E-state index in [2.05, 4.69) is 50.4 Å². The molecule has 1 aromatic rings. The normalized spacial score (nSPS) is 17.9. The van der Waals surface area contributed by atoms with Crippen LogP contribution in [0.25, 0.3) is 0 Å². The summed E-state index contributed by atoms with van der Waals surface area (Å²) in [6.45, 7) is 7.40. The predicted molar refractivity (Wildman–Crippen MR) is 89.7 cm³/mol. The van der Waals surface area contributed by atoms with Crippen LogP contribution in [0.3, 0.4) is 0 Å². The third-order valence-corrected chi connectivity index (χ3v) is 4.52. The van der Waals surface area contributed by atoms with E-state index in [-0.39, 0.29) is 6.10 Å². The largest absolute Gasteiger partial charge is 0.491 e. The second-order valence-electron chi connectivity index (χ2n) is 6.60. The SMILES string of the molecule is CCC(NCc1ccc(OC(C)C)cc1)C1CCCCC1. The fraction of sp³-hybridized carbons (Fsp3) is 0.684. The van der Waals surface area contributed by atoms with Crippen molar-refractivity contribution in [3.05, 3.63) is 29.8 Å². The molecule has 2 nitrogen and oxygen atoms in total. The van der Waals surface area contributed by atoms with E-state index in [1.807, 2.05) is 0 Å². The Morgan fingerprint density at radius 1 is 1.10 bits per heavy atom. The molecule has 0 aliphatic heterocycles. The number of benzene rings is 1. The average molecular weight is 289 g/mol. The molecule has 1 saturated carbocycles. The maximum atomic E-state index is 5.69. The summed E-state index contributed by atoms with van der Waals surface area (Å²) in [4.78, 5) is 0. The van der Waals surface area contributed by atoms with Gasteiger partial charge in [0.2, 0.25) is 0 Å². The topological polar surface area (TPSA) is 21.3 Å². The first-order chi connectivity index (χ1) is 10.2. The fourth-order valence-corrected chi connectivity index (χ4v) is 3.39. The molecule has 0 heterocycles. The highest BCUT2D eigenvalue weighted by Crippen LogP contribution is 2.28. The van der Waals surface area contributed by atoms with Crippen LogP contribution in [-0.4, -0.2) is 12.1 Å². The van der Waals surface area contributed by atoms with Gasteiger partial charge in [0.25, 0.3) is 0 Å². The van der Waals surface area contributed by atoms with Gasteiger partial charge in [-0.1, -0.05) is 38.3 Å². The van der Waals surface area contributed by atoms with Gasteiger partial charge in [0.05, 0.1) is 6.10 Å². The number of ether oxygens (including phenoxy) is 1. The van der Waals surface area contributed by atoms with Crippen LogP contribution in [0.4, 0.5) is 0 Å². The Labute approximate surface area is 130 Å². The molecule has 21 heavy (non-hydrogen) atoms. The quantitative estimate of drug-likeness (QED) is 0.769. The molecule has 1 unspecified atom stereocenters. The smallest absolute Gasteiger partial charge is 0.119 e. The maximum absolute atomic E-state index is 5.69. The average Bonchev–Trinajstić information content (AvgIpc) is 2.50. The minimum absolute atomic E-state index is 0.241. The van der Waals surface area contributed by atoms with Crippen LogP contribution < -0.4 is 10.1 Å². The molecule has 1 aliphatic carbocycles. The first-order valence-electron chi connectivity index (χ1n) is 8.68. The summed E-state index contributed by atoms with van der Waals surface area (Å²) in [5.41, 5.74) is 1.35. The Kier molecular flexibility index (Phi) is 6.56. The standard InChI is InChI=1S/C19H31NO/c1-4-19(17-8-6-5-7-9-17)20-14-16-10-12-18(13-11-16)21-15(2)3/h10-13,15,17,19-20H,4-9,14H2,1-3H3. The lowest BCUT2D eigenvalue weighted by molar-refractivity contribution is 0.242. The minimum Gasteiger partial charge on any atom is -0.491 e. The second kappa shape index (κ2) is 8.43. The van der Waals surface area contributed by atoms with Gasteiger partial charge in [-0.15, -0.1) is 0 Å². The first kappa shape index (κ1) is 16.4. The number of hydrogen-bond acceptors (Lipinski definition) is 2. The summed E-state index contributed by atoms with van der Waals surface area (Å²) in [6, 6.07) is 9.20. The van der Waals surface area contributed by atoms with Gasteiger partial charge >= 0.3 is 0 Å². The predicted octanol–water partition coefficient (Wildman–Crippen LogP) is 4.92. The van der Waals surface area contributed by atoms with Crippen molar-refractivity contribution in [1.29, 1.82) is 0 Å². The van der Waals surface area contributed by atoms with Crippen LogP contribution in [-0.2, 0) is 6.54 Å². The Balaban J connectivity index is 1.83. The molecule has 0 saturated heterocycles. The molecular formula is C19H31NO. The van der Waals surface area contributed by atoms with E-state index in [1.54, 1.807) is 0 Å². The van der Waals surface area contributed by atoms with Crippen LogP contribution in [0.1, 0.15) is 64.9 Å². The third kappa shape index (κ3) is 5.35. The summed E-state index contributed by atoms with van der Waals surface area (Å²) in [6.07, 6.45) is 8.57. The van der Waals surface area contributed by atoms with Crippen molar-refractivity contribution in [2.45, 2.75) is 78.0 Å². The molecule has 2 rings (SSSR count). The van der Waals surface area contributed by atoms with Crippen LogP contribution >= 0.6 is 0 Å². The molecule has 0 bridgehead atoms. The van der Waals surface area contributed by atoms with Gasteiger partial charge < -0.3 is 10.1 Å². The molecule has 0 radical (unpaired) electrons. The third-order valence-electron chi connectivity index (χ3n) is 4.52. The summed E-state index contributed by atoms with van der Waals surface area (Å²) >= 11 is 0. The molecule has 2 heteroatoms. The van der Waals surface area contributed by atoms with Gasteiger partial charge in [0.1, 0.15) is 5.75 Å². The molecule has 1 atom stereocenters. The molecular weight excluding hydrogens is 258 g/mol. The first-order valence-corrected chi connectivity index (χ1v) is 8.68. The minimum atomic E-state index is 0.241. The Bertz CT molecular complexity index is 393. The van der Waals surface area contributed by atoms with Crippen LogP contribution in [0.2, 0.25) is 0 Å². The van der Waals surface area contributed by atoms with E-state index in [0.717, 1.165) is 18.2 Å². The van der Waals surface area contributed by atoms with Crippen LogP contribution in [0.5, 0.6) is 5.75 Å². The Morgan fingerprint density at radius 3 is 2.33 bits per heavy atom. The molecule has 0 amide bonds. The molecule has 1 N–H and O–H groups in total. The maximum Gasteiger partial charge on any atom is 0.119 e.